The third-order valence-electron chi connectivity index (χ3n) is 5.38. The van der Waals surface area contributed by atoms with Gasteiger partial charge in [0.15, 0.2) is 0 Å². The Morgan fingerprint density at radius 1 is 0.621 bits per heavy atom. The molecule has 0 radical (unpaired) electrons. The Morgan fingerprint density at radius 3 is 2.17 bits per heavy atom. The molecule has 0 bridgehead atoms. The summed E-state index contributed by atoms with van der Waals surface area (Å²) in [5.74, 6) is 0.279. The normalized spacial score (nSPS) is 11.4. The first-order valence-corrected chi connectivity index (χ1v) is 10.1. The lowest BCUT2D eigenvalue weighted by molar-refractivity contribution is 0.826. The van der Waals surface area contributed by atoms with Crippen molar-refractivity contribution in [2.45, 2.75) is 19.8 Å². The highest BCUT2D eigenvalue weighted by atomic mass is 14.8. The maximum absolute atomic E-state index is 5.12. The number of hydrogen-bond acceptors (Lipinski definition) is 2. The zero-order valence-corrected chi connectivity index (χ0v) is 16.6. The second kappa shape index (κ2) is 7.14. The van der Waals surface area contributed by atoms with E-state index in [0.717, 1.165) is 33.4 Å². The molecule has 0 saturated heterocycles. The zero-order chi connectivity index (χ0) is 19.8. The molecule has 0 spiro atoms. The number of benzene rings is 4. The van der Waals surface area contributed by atoms with Crippen LogP contribution in [0.15, 0.2) is 91.0 Å². The lowest BCUT2D eigenvalue weighted by Crippen LogP contribution is -2.01. The van der Waals surface area contributed by atoms with E-state index in [2.05, 4.69) is 98.8 Å². The van der Waals surface area contributed by atoms with E-state index >= 15 is 0 Å². The van der Waals surface area contributed by atoms with Crippen LogP contribution in [0.3, 0.4) is 0 Å². The van der Waals surface area contributed by atoms with Gasteiger partial charge in [0.25, 0.3) is 0 Å². The fourth-order valence-electron chi connectivity index (χ4n) is 3.89. The van der Waals surface area contributed by atoms with Gasteiger partial charge in [-0.25, -0.2) is 9.97 Å². The van der Waals surface area contributed by atoms with Crippen molar-refractivity contribution in [3.05, 3.63) is 96.7 Å². The molecule has 0 aliphatic carbocycles. The molecule has 5 aromatic rings. The van der Waals surface area contributed by atoms with Gasteiger partial charge in [-0.3, -0.25) is 0 Å². The second-order valence-electron chi connectivity index (χ2n) is 7.71. The van der Waals surface area contributed by atoms with Crippen LogP contribution in [0.2, 0.25) is 0 Å². The van der Waals surface area contributed by atoms with E-state index in [1.54, 1.807) is 0 Å². The molecule has 0 aliphatic heterocycles. The van der Waals surface area contributed by atoms with Gasteiger partial charge in [0, 0.05) is 10.9 Å². The minimum atomic E-state index is 0.279. The highest BCUT2D eigenvalue weighted by Crippen LogP contribution is 2.33. The minimum Gasteiger partial charge on any atom is -0.248 e. The SMILES string of the molecule is CC(C)c1nc2c(ccc3ccccc32)nc1-c1cccc(-c2ccccc2)c1. The smallest absolute Gasteiger partial charge is 0.0969 e. The molecule has 0 aliphatic rings. The van der Waals surface area contributed by atoms with Crippen LogP contribution in [0, 0.1) is 0 Å². The molecule has 140 valence electrons. The van der Waals surface area contributed by atoms with Gasteiger partial charge in [-0.15, -0.1) is 0 Å². The molecule has 1 aromatic heterocycles. The first-order chi connectivity index (χ1) is 14.2. The van der Waals surface area contributed by atoms with Crippen molar-refractivity contribution in [3.8, 4) is 22.4 Å². The van der Waals surface area contributed by atoms with Gasteiger partial charge >= 0.3 is 0 Å². The largest absolute Gasteiger partial charge is 0.248 e. The van der Waals surface area contributed by atoms with Crippen LogP contribution in [-0.4, -0.2) is 9.97 Å². The lowest BCUT2D eigenvalue weighted by atomic mass is 9.97. The van der Waals surface area contributed by atoms with E-state index in [1.807, 2.05) is 6.07 Å². The van der Waals surface area contributed by atoms with Crippen LogP contribution in [0.5, 0.6) is 0 Å². The third-order valence-corrected chi connectivity index (χ3v) is 5.38. The summed E-state index contributed by atoms with van der Waals surface area (Å²) in [5.41, 5.74) is 7.44. The molecule has 0 saturated carbocycles. The Labute approximate surface area is 170 Å². The average molecular weight is 374 g/mol. The molecular weight excluding hydrogens is 352 g/mol. The van der Waals surface area contributed by atoms with E-state index in [1.165, 1.54) is 16.5 Å². The van der Waals surface area contributed by atoms with Gasteiger partial charge in [-0.1, -0.05) is 92.7 Å². The van der Waals surface area contributed by atoms with E-state index in [9.17, 15) is 0 Å². The number of rotatable bonds is 3. The van der Waals surface area contributed by atoms with Gasteiger partial charge in [0.2, 0.25) is 0 Å². The van der Waals surface area contributed by atoms with E-state index in [-0.39, 0.29) is 5.92 Å². The molecule has 0 amide bonds. The third kappa shape index (κ3) is 3.17. The summed E-state index contributed by atoms with van der Waals surface area (Å²) in [6, 6.07) is 31.7. The molecule has 29 heavy (non-hydrogen) atoms. The summed E-state index contributed by atoms with van der Waals surface area (Å²) in [7, 11) is 0. The quantitative estimate of drug-likeness (QED) is 0.311. The van der Waals surface area contributed by atoms with Crippen LogP contribution in [0.4, 0.5) is 0 Å². The standard InChI is InChI=1S/C27H22N2/c1-18(2)25-26(22-13-8-12-21(17-22)19-9-4-3-5-10-19)28-24-16-15-20-11-6-7-14-23(20)27(24)29-25/h3-18H,1-2H3. The van der Waals surface area contributed by atoms with Crippen molar-refractivity contribution in [2.75, 3.05) is 0 Å². The molecule has 5 rings (SSSR count). The van der Waals surface area contributed by atoms with Crippen molar-refractivity contribution in [1.82, 2.24) is 9.97 Å². The Balaban J connectivity index is 1.74. The maximum Gasteiger partial charge on any atom is 0.0969 e. The first kappa shape index (κ1) is 17.6. The monoisotopic (exact) mass is 374 g/mol. The van der Waals surface area contributed by atoms with Crippen LogP contribution >= 0.6 is 0 Å². The molecule has 0 N–H and O–H groups in total. The molecule has 2 heteroatoms. The highest BCUT2D eigenvalue weighted by Gasteiger charge is 2.16. The van der Waals surface area contributed by atoms with Gasteiger partial charge in [-0.2, -0.15) is 0 Å². The predicted octanol–water partition coefficient (Wildman–Crippen LogP) is 7.24. The predicted molar refractivity (Wildman–Crippen MR) is 122 cm³/mol. The molecule has 4 aromatic carbocycles. The average Bonchev–Trinajstić information content (AvgIpc) is 2.78. The van der Waals surface area contributed by atoms with E-state index in [4.69, 9.17) is 9.97 Å². The van der Waals surface area contributed by atoms with Crippen LogP contribution in [0.1, 0.15) is 25.5 Å². The summed E-state index contributed by atoms with van der Waals surface area (Å²) in [6.07, 6.45) is 0. The van der Waals surface area contributed by atoms with Gasteiger partial charge in [0.1, 0.15) is 0 Å². The molecule has 2 nitrogen and oxygen atoms in total. The van der Waals surface area contributed by atoms with Gasteiger partial charge in [-0.05, 0) is 34.6 Å². The van der Waals surface area contributed by atoms with E-state index < -0.39 is 0 Å². The summed E-state index contributed by atoms with van der Waals surface area (Å²) in [5, 5.41) is 2.35. The molecular formula is C27H22N2. The zero-order valence-electron chi connectivity index (χ0n) is 16.6. The molecule has 0 unspecified atom stereocenters. The Bertz CT molecular complexity index is 1320. The molecule has 0 atom stereocenters. The maximum atomic E-state index is 5.12. The lowest BCUT2D eigenvalue weighted by Gasteiger charge is -2.14. The summed E-state index contributed by atoms with van der Waals surface area (Å²) < 4.78 is 0. The van der Waals surface area contributed by atoms with E-state index in [0.29, 0.717) is 0 Å². The fourth-order valence-corrected chi connectivity index (χ4v) is 3.89. The summed E-state index contributed by atoms with van der Waals surface area (Å²) >= 11 is 0. The fraction of sp³-hybridized carbons (Fsp3) is 0.111. The second-order valence-corrected chi connectivity index (χ2v) is 7.71. The summed E-state index contributed by atoms with van der Waals surface area (Å²) in [4.78, 5) is 10.2. The Morgan fingerprint density at radius 2 is 1.34 bits per heavy atom. The topological polar surface area (TPSA) is 25.8 Å². The molecule has 1 heterocycles. The highest BCUT2D eigenvalue weighted by molar-refractivity contribution is 6.04. The van der Waals surface area contributed by atoms with Crippen LogP contribution in [-0.2, 0) is 0 Å². The number of nitrogens with zero attached hydrogens (tertiary/aromatic N) is 2. The van der Waals surface area contributed by atoms with Crippen LogP contribution < -0.4 is 0 Å². The Hall–Kier alpha value is -3.52. The minimum absolute atomic E-state index is 0.279. The molecule has 0 fully saturated rings. The van der Waals surface area contributed by atoms with Crippen molar-refractivity contribution < 1.29 is 0 Å². The number of hydrogen-bond donors (Lipinski definition) is 0. The van der Waals surface area contributed by atoms with Crippen molar-refractivity contribution in [1.29, 1.82) is 0 Å². The van der Waals surface area contributed by atoms with Crippen molar-refractivity contribution >= 4 is 21.8 Å². The van der Waals surface area contributed by atoms with Crippen molar-refractivity contribution in [2.24, 2.45) is 0 Å². The van der Waals surface area contributed by atoms with Crippen molar-refractivity contribution in [3.63, 3.8) is 0 Å². The van der Waals surface area contributed by atoms with Gasteiger partial charge < -0.3 is 0 Å². The van der Waals surface area contributed by atoms with Gasteiger partial charge in [0.05, 0.1) is 22.4 Å². The number of fused-ring (bicyclic) bond motifs is 3. The van der Waals surface area contributed by atoms with Crippen LogP contribution in [0.25, 0.3) is 44.2 Å². The Kier molecular flexibility index (Phi) is 4.33. The first-order valence-electron chi connectivity index (χ1n) is 10.1. The number of aromatic nitrogens is 2. The summed E-state index contributed by atoms with van der Waals surface area (Å²) in [6.45, 7) is 4.37.